The zero-order valence-corrected chi connectivity index (χ0v) is 7.90. The SMILES string of the molecule is Cc1cncc(C2CCCC2O)c1. The molecule has 1 N–H and O–H groups in total. The lowest BCUT2D eigenvalue weighted by Gasteiger charge is -2.14. The number of rotatable bonds is 1. The number of pyridine rings is 1. The molecule has 0 aromatic carbocycles. The van der Waals surface area contributed by atoms with Crippen molar-refractivity contribution in [1.29, 1.82) is 0 Å². The van der Waals surface area contributed by atoms with E-state index in [1.165, 1.54) is 11.1 Å². The monoisotopic (exact) mass is 177 g/mol. The van der Waals surface area contributed by atoms with Crippen molar-refractivity contribution in [1.82, 2.24) is 4.98 Å². The van der Waals surface area contributed by atoms with Gasteiger partial charge in [0.05, 0.1) is 6.10 Å². The summed E-state index contributed by atoms with van der Waals surface area (Å²) in [6.07, 6.45) is 6.77. The maximum Gasteiger partial charge on any atom is 0.0609 e. The van der Waals surface area contributed by atoms with Crippen LogP contribution in [0.4, 0.5) is 0 Å². The molecular weight excluding hydrogens is 162 g/mol. The molecule has 0 amide bonds. The van der Waals surface area contributed by atoms with Crippen LogP contribution in [0.3, 0.4) is 0 Å². The van der Waals surface area contributed by atoms with Gasteiger partial charge in [0.25, 0.3) is 0 Å². The summed E-state index contributed by atoms with van der Waals surface area (Å²) in [5.41, 5.74) is 2.38. The average molecular weight is 177 g/mol. The molecule has 2 heteroatoms. The highest BCUT2D eigenvalue weighted by Gasteiger charge is 2.26. The Balaban J connectivity index is 2.24. The van der Waals surface area contributed by atoms with E-state index in [9.17, 15) is 5.11 Å². The number of hydrogen-bond acceptors (Lipinski definition) is 2. The second-order valence-electron chi connectivity index (χ2n) is 3.90. The van der Waals surface area contributed by atoms with Crippen LogP contribution < -0.4 is 0 Å². The minimum Gasteiger partial charge on any atom is -0.392 e. The minimum atomic E-state index is -0.149. The number of nitrogens with zero attached hydrogens (tertiary/aromatic N) is 1. The fourth-order valence-electron chi connectivity index (χ4n) is 2.11. The first-order valence-electron chi connectivity index (χ1n) is 4.87. The van der Waals surface area contributed by atoms with Gasteiger partial charge in [0.2, 0.25) is 0 Å². The van der Waals surface area contributed by atoms with Gasteiger partial charge >= 0.3 is 0 Å². The summed E-state index contributed by atoms with van der Waals surface area (Å²) in [6, 6.07) is 2.13. The Morgan fingerprint density at radius 3 is 2.85 bits per heavy atom. The molecule has 1 aromatic heterocycles. The summed E-state index contributed by atoms with van der Waals surface area (Å²) < 4.78 is 0. The highest BCUT2D eigenvalue weighted by molar-refractivity contribution is 5.22. The normalized spacial score (nSPS) is 27.8. The van der Waals surface area contributed by atoms with Crippen molar-refractivity contribution in [2.45, 2.75) is 38.2 Å². The van der Waals surface area contributed by atoms with Crippen LogP contribution in [0.15, 0.2) is 18.5 Å². The number of aliphatic hydroxyl groups is 1. The van der Waals surface area contributed by atoms with E-state index in [0.29, 0.717) is 5.92 Å². The molecule has 1 aliphatic carbocycles. The largest absolute Gasteiger partial charge is 0.392 e. The van der Waals surface area contributed by atoms with E-state index in [2.05, 4.69) is 11.1 Å². The predicted octanol–water partition coefficient (Wildman–Crippen LogP) is 2.02. The smallest absolute Gasteiger partial charge is 0.0609 e. The highest BCUT2D eigenvalue weighted by atomic mass is 16.3. The fraction of sp³-hybridized carbons (Fsp3) is 0.545. The molecule has 0 radical (unpaired) electrons. The molecular formula is C11H15NO. The van der Waals surface area contributed by atoms with Crippen molar-refractivity contribution in [3.05, 3.63) is 29.6 Å². The van der Waals surface area contributed by atoms with Gasteiger partial charge in [0, 0.05) is 18.3 Å². The Labute approximate surface area is 78.6 Å². The topological polar surface area (TPSA) is 33.1 Å². The van der Waals surface area contributed by atoms with Crippen molar-refractivity contribution in [2.24, 2.45) is 0 Å². The number of hydrogen-bond donors (Lipinski definition) is 1. The van der Waals surface area contributed by atoms with Crippen LogP contribution in [0.5, 0.6) is 0 Å². The summed E-state index contributed by atoms with van der Waals surface area (Å²) in [7, 11) is 0. The van der Waals surface area contributed by atoms with Crippen LogP contribution in [-0.2, 0) is 0 Å². The standard InChI is InChI=1S/C11H15NO/c1-8-5-9(7-12-6-8)10-3-2-4-11(10)13/h5-7,10-11,13H,2-4H2,1H3. The Morgan fingerprint density at radius 1 is 1.38 bits per heavy atom. The van der Waals surface area contributed by atoms with Gasteiger partial charge in [0.1, 0.15) is 0 Å². The molecule has 0 bridgehead atoms. The molecule has 1 saturated carbocycles. The Hall–Kier alpha value is -0.890. The molecule has 1 heterocycles. The van der Waals surface area contributed by atoms with Crippen LogP contribution in [0.2, 0.25) is 0 Å². The molecule has 2 atom stereocenters. The number of aryl methyl sites for hydroxylation is 1. The summed E-state index contributed by atoms with van der Waals surface area (Å²) in [4.78, 5) is 4.15. The lowest BCUT2D eigenvalue weighted by molar-refractivity contribution is 0.163. The summed E-state index contributed by atoms with van der Waals surface area (Å²) in [6.45, 7) is 2.04. The van der Waals surface area contributed by atoms with Crippen LogP contribution in [0, 0.1) is 6.92 Å². The van der Waals surface area contributed by atoms with Crippen LogP contribution >= 0.6 is 0 Å². The van der Waals surface area contributed by atoms with E-state index >= 15 is 0 Å². The molecule has 0 saturated heterocycles. The molecule has 2 nitrogen and oxygen atoms in total. The first kappa shape index (κ1) is 8.70. The van der Waals surface area contributed by atoms with Gasteiger partial charge in [-0.3, -0.25) is 4.98 Å². The molecule has 70 valence electrons. The zero-order chi connectivity index (χ0) is 9.26. The number of aliphatic hydroxyl groups excluding tert-OH is 1. The van der Waals surface area contributed by atoms with E-state index in [1.54, 1.807) is 0 Å². The second-order valence-corrected chi connectivity index (χ2v) is 3.90. The van der Waals surface area contributed by atoms with Gasteiger partial charge in [-0.05, 0) is 30.9 Å². The Bertz CT molecular complexity index is 298. The molecule has 1 aliphatic rings. The fourth-order valence-corrected chi connectivity index (χ4v) is 2.11. The third-order valence-electron chi connectivity index (χ3n) is 2.80. The Morgan fingerprint density at radius 2 is 2.23 bits per heavy atom. The summed E-state index contributed by atoms with van der Waals surface area (Å²) in [5, 5.41) is 9.71. The van der Waals surface area contributed by atoms with Gasteiger partial charge in [-0.1, -0.05) is 12.5 Å². The van der Waals surface area contributed by atoms with E-state index in [4.69, 9.17) is 0 Å². The molecule has 0 aliphatic heterocycles. The lowest BCUT2D eigenvalue weighted by atomic mass is 9.96. The minimum absolute atomic E-state index is 0.149. The van der Waals surface area contributed by atoms with Crippen molar-refractivity contribution in [3.8, 4) is 0 Å². The lowest BCUT2D eigenvalue weighted by Crippen LogP contribution is -2.11. The van der Waals surface area contributed by atoms with Crippen LogP contribution in [0.25, 0.3) is 0 Å². The van der Waals surface area contributed by atoms with Crippen LogP contribution in [0.1, 0.15) is 36.3 Å². The van der Waals surface area contributed by atoms with E-state index in [-0.39, 0.29) is 6.10 Å². The first-order valence-corrected chi connectivity index (χ1v) is 4.87. The molecule has 2 unspecified atom stereocenters. The van der Waals surface area contributed by atoms with Gasteiger partial charge in [0.15, 0.2) is 0 Å². The highest BCUT2D eigenvalue weighted by Crippen LogP contribution is 2.34. The Kier molecular flexibility index (Phi) is 2.32. The van der Waals surface area contributed by atoms with Crippen molar-refractivity contribution >= 4 is 0 Å². The molecule has 13 heavy (non-hydrogen) atoms. The predicted molar refractivity (Wildman–Crippen MR) is 51.6 cm³/mol. The van der Waals surface area contributed by atoms with Gasteiger partial charge in [-0.25, -0.2) is 0 Å². The second kappa shape index (κ2) is 3.46. The first-order chi connectivity index (χ1) is 6.27. The van der Waals surface area contributed by atoms with Gasteiger partial charge < -0.3 is 5.11 Å². The molecule has 1 aromatic rings. The van der Waals surface area contributed by atoms with Crippen molar-refractivity contribution in [2.75, 3.05) is 0 Å². The molecule has 1 fully saturated rings. The van der Waals surface area contributed by atoms with Crippen LogP contribution in [-0.4, -0.2) is 16.2 Å². The quantitative estimate of drug-likeness (QED) is 0.712. The van der Waals surface area contributed by atoms with Crippen molar-refractivity contribution < 1.29 is 5.11 Å². The van der Waals surface area contributed by atoms with Gasteiger partial charge in [-0.2, -0.15) is 0 Å². The summed E-state index contributed by atoms with van der Waals surface area (Å²) in [5.74, 6) is 0.326. The van der Waals surface area contributed by atoms with E-state index in [1.807, 2.05) is 19.3 Å². The van der Waals surface area contributed by atoms with Crippen molar-refractivity contribution in [3.63, 3.8) is 0 Å². The molecule has 2 rings (SSSR count). The molecule has 0 spiro atoms. The third-order valence-corrected chi connectivity index (χ3v) is 2.80. The maximum absolute atomic E-state index is 9.71. The third kappa shape index (κ3) is 1.73. The van der Waals surface area contributed by atoms with E-state index in [0.717, 1.165) is 19.3 Å². The summed E-state index contributed by atoms with van der Waals surface area (Å²) >= 11 is 0. The zero-order valence-electron chi connectivity index (χ0n) is 7.90. The van der Waals surface area contributed by atoms with Gasteiger partial charge in [-0.15, -0.1) is 0 Å². The average Bonchev–Trinajstić information content (AvgIpc) is 2.51. The maximum atomic E-state index is 9.71. The van der Waals surface area contributed by atoms with E-state index < -0.39 is 0 Å². The number of aromatic nitrogens is 1.